The highest BCUT2D eigenvalue weighted by atomic mass is 31.2. The van der Waals surface area contributed by atoms with Crippen LogP contribution in [0.25, 0.3) is 11.2 Å². The number of aromatic nitrogens is 4. The lowest BCUT2D eigenvalue weighted by molar-refractivity contribution is -0.146. The van der Waals surface area contributed by atoms with Gasteiger partial charge in [-0.3, -0.25) is 18.9 Å². The van der Waals surface area contributed by atoms with Gasteiger partial charge in [0.15, 0.2) is 17.4 Å². The Morgan fingerprint density at radius 3 is 2.67 bits per heavy atom. The monoisotopic (exact) mass is 605 g/mol. The minimum absolute atomic E-state index is 0.0566. The standard InChI is InChI=1S/C26H36N7O8P/c1-15(2)12-38-23(35)16(3)32-42(36,41-17-10-8-7-9-11-17)39-13-18-20(34)26(4,28-5)24(40-18)33-14-29-19-21(33)30-25(27)31-22(19)37-6/h7-11,14-16,18,20,24,34H,5,12-13H2,1-4,6H3,(H,32,36)(H2,27,30,31)/t16-,18+,20+,24+,26+,42?/m0/s1. The molecule has 0 radical (unpaired) electrons. The molecule has 1 saturated heterocycles. The number of methoxy groups -OCH3 is 1. The van der Waals surface area contributed by atoms with Crippen LogP contribution in [0.1, 0.15) is 33.9 Å². The summed E-state index contributed by atoms with van der Waals surface area (Å²) >= 11 is 0. The summed E-state index contributed by atoms with van der Waals surface area (Å²) in [6.45, 7) is 10.3. The number of rotatable bonds is 13. The summed E-state index contributed by atoms with van der Waals surface area (Å²) < 4.78 is 43.6. The van der Waals surface area contributed by atoms with Gasteiger partial charge in [-0.1, -0.05) is 32.0 Å². The predicted octanol–water partition coefficient (Wildman–Crippen LogP) is 2.52. The second-order valence-corrected chi connectivity index (χ2v) is 12.0. The van der Waals surface area contributed by atoms with E-state index in [0.29, 0.717) is 5.52 Å². The molecule has 1 unspecified atom stereocenters. The number of para-hydroxylation sites is 1. The fraction of sp³-hybridized carbons (Fsp3) is 0.500. The van der Waals surface area contributed by atoms with Crippen molar-refractivity contribution in [1.29, 1.82) is 0 Å². The molecule has 15 nitrogen and oxygen atoms in total. The molecule has 4 N–H and O–H groups in total. The highest BCUT2D eigenvalue weighted by molar-refractivity contribution is 7.52. The molecule has 0 aliphatic carbocycles. The number of imidazole rings is 1. The van der Waals surface area contributed by atoms with Gasteiger partial charge in [-0.2, -0.15) is 15.1 Å². The van der Waals surface area contributed by atoms with E-state index in [1.54, 1.807) is 37.3 Å². The molecule has 228 valence electrons. The lowest BCUT2D eigenvalue weighted by atomic mass is 9.93. The minimum atomic E-state index is -4.23. The van der Waals surface area contributed by atoms with Crippen molar-refractivity contribution in [1.82, 2.24) is 24.6 Å². The van der Waals surface area contributed by atoms with E-state index in [1.807, 2.05) is 13.8 Å². The van der Waals surface area contributed by atoms with E-state index >= 15 is 0 Å². The quantitative estimate of drug-likeness (QED) is 0.146. The number of ether oxygens (including phenoxy) is 3. The second kappa shape index (κ2) is 12.7. The Balaban J connectivity index is 1.58. The summed E-state index contributed by atoms with van der Waals surface area (Å²) in [6.07, 6.45) is -1.89. The van der Waals surface area contributed by atoms with Crippen LogP contribution in [-0.2, 0) is 23.4 Å². The van der Waals surface area contributed by atoms with E-state index < -0.39 is 50.3 Å². The molecule has 4 rings (SSSR count). The van der Waals surface area contributed by atoms with E-state index in [1.165, 1.54) is 24.9 Å². The molecule has 0 spiro atoms. The van der Waals surface area contributed by atoms with Crippen LogP contribution in [0, 0.1) is 5.92 Å². The number of aliphatic hydroxyl groups excluding tert-OH is 1. The summed E-state index contributed by atoms with van der Waals surface area (Å²) in [5, 5.41) is 13.9. The first-order valence-electron chi connectivity index (χ1n) is 13.2. The Bertz CT molecular complexity index is 1460. The number of nitrogens with two attached hydrogens (primary N) is 1. The SMILES string of the molecule is C=N[C@]1(C)[C@H](O)[C@@H](COP(=O)(N[C@@H](C)C(=O)OCC(C)C)Oc2ccccc2)O[C@H]1n1cnc2c(OC)nc(N)nc21. The number of carbonyl (C=O) groups excluding carboxylic acids is 1. The number of esters is 1. The molecule has 1 aliphatic heterocycles. The van der Waals surface area contributed by atoms with Gasteiger partial charge in [-0.15, -0.1) is 0 Å². The molecule has 3 heterocycles. The van der Waals surface area contributed by atoms with Crippen LogP contribution < -0.4 is 20.1 Å². The highest BCUT2D eigenvalue weighted by Crippen LogP contribution is 2.48. The van der Waals surface area contributed by atoms with Gasteiger partial charge in [0.05, 0.1) is 26.7 Å². The maximum absolute atomic E-state index is 13.9. The number of benzene rings is 1. The molecule has 0 amide bonds. The number of fused-ring (bicyclic) bond motifs is 1. The Morgan fingerprint density at radius 1 is 1.31 bits per heavy atom. The zero-order valence-electron chi connectivity index (χ0n) is 24.0. The molecule has 16 heteroatoms. The van der Waals surface area contributed by atoms with E-state index in [4.69, 9.17) is 29.0 Å². The molecule has 0 saturated carbocycles. The van der Waals surface area contributed by atoms with Crippen molar-refractivity contribution in [3.8, 4) is 11.6 Å². The van der Waals surface area contributed by atoms with E-state index in [-0.39, 0.29) is 35.7 Å². The Labute approximate surface area is 243 Å². The van der Waals surface area contributed by atoms with E-state index in [0.717, 1.165) is 0 Å². The van der Waals surface area contributed by atoms with Crippen molar-refractivity contribution in [3.63, 3.8) is 0 Å². The average Bonchev–Trinajstić information content (AvgIpc) is 3.48. The van der Waals surface area contributed by atoms with Crippen LogP contribution in [0.4, 0.5) is 5.95 Å². The largest absolute Gasteiger partial charge is 0.479 e. The summed E-state index contributed by atoms with van der Waals surface area (Å²) in [5.74, 6) is -0.180. The first kappa shape index (κ1) is 31.3. The van der Waals surface area contributed by atoms with E-state index in [2.05, 4.69) is 31.7 Å². The number of nitrogens with one attached hydrogen (secondary N) is 1. The molecule has 1 aliphatic rings. The Hall–Kier alpha value is -3.62. The molecule has 2 aromatic heterocycles. The predicted molar refractivity (Wildman–Crippen MR) is 153 cm³/mol. The lowest BCUT2D eigenvalue weighted by Gasteiger charge is -2.28. The molecular weight excluding hydrogens is 569 g/mol. The van der Waals surface area contributed by atoms with E-state index in [9.17, 15) is 14.5 Å². The second-order valence-electron chi connectivity index (χ2n) is 10.3. The number of carbonyl (C=O) groups is 1. The first-order valence-corrected chi connectivity index (χ1v) is 14.7. The van der Waals surface area contributed by atoms with Gasteiger partial charge < -0.3 is 29.6 Å². The number of aliphatic hydroxyl groups is 1. The van der Waals surface area contributed by atoms with Crippen molar-refractivity contribution >= 4 is 37.5 Å². The fourth-order valence-corrected chi connectivity index (χ4v) is 5.82. The Morgan fingerprint density at radius 2 is 2.02 bits per heavy atom. The third-order valence-electron chi connectivity index (χ3n) is 6.59. The van der Waals surface area contributed by atoms with Crippen molar-refractivity contribution in [2.45, 2.75) is 57.7 Å². The third kappa shape index (κ3) is 6.55. The van der Waals surface area contributed by atoms with Gasteiger partial charge in [0.25, 0.3) is 0 Å². The van der Waals surface area contributed by atoms with Crippen LogP contribution >= 0.6 is 7.75 Å². The zero-order valence-corrected chi connectivity index (χ0v) is 24.9. The summed E-state index contributed by atoms with van der Waals surface area (Å²) in [4.78, 5) is 29.3. The third-order valence-corrected chi connectivity index (χ3v) is 8.23. The summed E-state index contributed by atoms with van der Waals surface area (Å²) in [6, 6.07) is 7.27. The van der Waals surface area contributed by atoms with Crippen LogP contribution in [0.2, 0.25) is 0 Å². The van der Waals surface area contributed by atoms with Crippen LogP contribution in [0.5, 0.6) is 11.6 Å². The van der Waals surface area contributed by atoms with Crippen molar-refractivity contribution < 1.29 is 37.7 Å². The molecule has 1 fully saturated rings. The van der Waals surface area contributed by atoms with Crippen molar-refractivity contribution in [3.05, 3.63) is 36.7 Å². The van der Waals surface area contributed by atoms with Crippen molar-refractivity contribution in [2.24, 2.45) is 10.9 Å². The van der Waals surface area contributed by atoms with Crippen LogP contribution in [-0.4, -0.2) is 81.4 Å². The average molecular weight is 606 g/mol. The topological polar surface area (TPSA) is 195 Å². The van der Waals surface area contributed by atoms with Gasteiger partial charge in [0.1, 0.15) is 29.5 Å². The summed E-state index contributed by atoms with van der Waals surface area (Å²) in [7, 11) is -2.80. The minimum Gasteiger partial charge on any atom is -0.479 e. The lowest BCUT2D eigenvalue weighted by Crippen LogP contribution is -2.43. The van der Waals surface area contributed by atoms with Gasteiger partial charge >= 0.3 is 13.7 Å². The number of aliphatic imine (C=N–C) groups is 1. The molecule has 1 aromatic carbocycles. The fourth-order valence-electron chi connectivity index (χ4n) is 4.32. The van der Waals surface area contributed by atoms with Gasteiger partial charge in [0.2, 0.25) is 11.8 Å². The highest BCUT2D eigenvalue weighted by Gasteiger charge is 2.55. The normalized spacial score (nSPS) is 24.3. The van der Waals surface area contributed by atoms with Gasteiger partial charge in [0, 0.05) is 0 Å². The maximum Gasteiger partial charge on any atom is 0.459 e. The molecular formula is C26H36N7O8P. The van der Waals surface area contributed by atoms with Gasteiger partial charge in [-0.05, 0) is 38.6 Å². The maximum atomic E-state index is 13.9. The number of hydrogen-bond acceptors (Lipinski definition) is 13. The first-order chi connectivity index (χ1) is 19.9. The Kier molecular flexibility index (Phi) is 9.48. The summed E-state index contributed by atoms with van der Waals surface area (Å²) in [5.41, 5.74) is 5.14. The number of hydrogen-bond donors (Lipinski definition) is 3. The number of nitrogen functional groups attached to an aromatic ring is 1. The van der Waals surface area contributed by atoms with Crippen LogP contribution in [0.3, 0.4) is 0 Å². The van der Waals surface area contributed by atoms with Gasteiger partial charge in [-0.25, -0.2) is 9.55 Å². The molecule has 42 heavy (non-hydrogen) atoms. The molecule has 6 atom stereocenters. The zero-order chi connectivity index (χ0) is 30.7. The smallest absolute Gasteiger partial charge is 0.459 e. The number of nitrogens with zero attached hydrogens (tertiary/aromatic N) is 5. The number of anilines is 1. The van der Waals surface area contributed by atoms with Crippen LogP contribution in [0.15, 0.2) is 41.7 Å². The molecule has 0 bridgehead atoms. The molecule has 3 aromatic rings. The van der Waals surface area contributed by atoms with Crippen molar-refractivity contribution in [2.75, 3.05) is 26.1 Å².